The van der Waals surface area contributed by atoms with E-state index in [1.807, 2.05) is 44.2 Å². The number of aryl methyl sites for hydroxylation is 1. The average molecular weight is 351 g/mol. The third-order valence-corrected chi connectivity index (χ3v) is 5.24. The Morgan fingerprint density at radius 3 is 2.54 bits per heavy atom. The van der Waals surface area contributed by atoms with Gasteiger partial charge in [-0.15, -0.1) is 0 Å². The standard InChI is InChI=1S/C21H25N3O2/c1-14-11-18(13-22-12-14)23-20(25)21(26)24-16(3)15(2)9-10-19(24)17-7-5-4-6-8-17/h4-8,11-13,15-16,19H,9-10H2,1-3H3,(H,23,25)/t15-,16-,19-/m1/s1. The first-order valence-electron chi connectivity index (χ1n) is 9.07. The van der Waals surface area contributed by atoms with Crippen LogP contribution in [0.2, 0.25) is 0 Å². The normalized spacial score (nSPS) is 22.7. The van der Waals surface area contributed by atoms with E-state index >= 15 is 0 Å². The molecule has 3 rings (SSSR count). The first-order chi connectivity index (χ1) is 12.5. The molecule has 1 aliphatic heterocycles. The van der Waals surface area contributed by atoms with Gasteiger partial charge in [0.15, 0.2) is 0 Å². The van der Waals surface area contributed by atoms with Crippen molar-refractivity contribution in [3.05, 3.63) is 59.9 Å². The molecule has 0 spiro atoms. The van der Waals surface area contributed by atoms with Gasteiger partial charge in [-0.1, -0.05) is 37.3 Å². The summed E-state index contributed by atoms with van der Waals surface area (Å²) in [5.74, 6) is -0.744. The van der Waals surface area contributed by atoms with Crippen molar-refractivity contribution in [1.29, 1.82) is 0 Å². The molecule has 2 aromatic rings. The van der Waals surface area contributed by atoms with Gasteiger partial charge in [-0.25, -0.2) is 0 Å². The Bertz CT molecular complexity index is 791. The monoisotopic (exact) mass is 351 g/mol. The SMILES string of the molecule is Cc1cncc(NC(=O)C(=O)N2[C@@H](c3ccccc3)CC[C@@H](C)[C@H]2C)c1. The van der Waals surface area contributed by atoms with Gasteiger partial charge in [0.05, 0.1) is 17.9 Å². The van der Waals surface area contributed by atoms with Gasteiger partial charge in [0, 0.05) is 12.2 Å². The Hall–Kier alpha value is -2.69. The van der Waals surface area contributed by atoms with Crippen LogP contribution in [0.5, 0.6) is 0 Å². The summed E-state index contributed by atoms with van der Waals surface area (Å²) in [5, 5.41) is 2.69. The minimum atomic E-state index is -0.612. The number of likely N-dealkylation sites (tertiary alicyclic amines) is 1. The van der Waals surface area contributed by atoms with Crippen molar-refractivity contribution in [2.75, 3.05) is 5.32 Å². The molecule has 1 aromatic carbocycles. The Morgan fingerprint density at radius 2 is 1.85 bits per heavy atom. The second kappa shape index (κ2) is 7.68. The van der Waals surface area contributed by atoms with E-state index in [0.717, 1.165) is 24.0 Å². The lowest BCUT2D eigenvalue weighted by Gasteiger charge is -2.44. The van der Waals surface area contributed by atoms with Crippen LogP contribution in [0.25, 0.3) is 0 Å². The number of anilines is 1. The van der Waals surface area contributed by atoms with Gasteiger partial charge < -0.3 is 10.2 Å². The number of aromatic nitrogens is 1. The van der Waals surface area contributed by atoms with Crippen molar-refractivity contribution in [2.24, 2.45) is 5.92 Å². The van der Waals surface area contributed by atoms with Crippen LogP contribution in [0.15, 0.2) is 48.8 Å². The van der Waals surface area contributed by atoms with Crippen molar-refractivity contribution >= 4 is 17.5 Å². The molecule has 1 fully saturated rings. The lowest BCUT2D eigenvalue weighted by molar-refractivity contribution is -0.149. The quantitative estimate of drug-likeness (QED) is 0.839. The maximum atomic E-state index is 13.0. The molecule has 1 N–H and O–H groups in total. The van der Waals surface area contributed by atoms with E-state index in [4.69, 9.17) is 0 Å². The molecule has 0 radical (unpaired) electrons. The maximum absolute atomic E-state index is 13.0. The van der Waals surface area contributed by atoms with Gasteiger partial charge >= 0.3 is 11.8 Å². The Kier molecular flexibility index (Phi) is 5.35. The van der Waals surface area contributed by atoms with Crippen LogP contribution < -0.4 is 5.32 Å². The number of benzene rings is 1. The molecule has 1 aromatic heterocycles. The smallest absolute Gasteiger partial charge is 0.313 e. The average Bonchev–Trinajstić information content (AvgIpc) is 2.64. The second-order valence-electron chi connectivity index (χ2n) is 7.14. The summed E-state index contributed by atoms with van der Waals surface area (Å²) in [5.41, 5.74) is 2.54. The molecule has 136 valence electrons. The molecule has 2 amide bonds. The molecule has 0 bridgehead atoms. The third-order valence-electron chi connectivity index (χ3n) is 5.24. The van der Waals surface area contributed by atoms with Gasteiger partial charge in [0.2, 0.25) is 0 Å². The van der Waals surface area contributed by atoms with Gasteiger partial charge in [-0.05, 0) is 49.8 Å². The van der Waals surface area contributed by atoms with Crippen molar-refractivity contribution in [3.8, 4) is 0 Å². The number of carbonyl (C=O) groups is 2. The van der Waals surface area contributed by atoms with Crippen LogP contribution in [0.1, 0.15) is 43.9 Å². The van der Waals surface area contributed by atoms with Crippen molar-refractivity contribution in [3.63, 3.8) is 0 Å². The number of piperidine rings is 1. The van der Waals surface area contributed by atoms with E-state index in [0.29, 0.717) is 11.6 Å². The molecule has 1 aliphatic rings. The molecular weight excluding hydrogens is 326 g/mol. The van der Waals surface area contributed by atoms with Gasteiger partial charge in [-0.3, -0.25) is 14.6 Å². The van der Waals surface area contributed by atoms with Crippen molar-refractivity contribution in [1.82, 2.24) is 9.88 Å². The number of nitrogens with zero attached hydrogens (tertiary/aromatic N) is 2. The molecule has 26 heavy (non-hydrogen) atoms. The largest absolute Gasteiger partial charge is 0.324 e. The van der Waals surface area contributed by atoms with E-state index < -0.39 is 11.8 Å². The second-order valence-corrected chi connectivity index (χ2v) is 7.14. The summed E-state index contributed by atoms with van der Waals surface area (Å²) in [6.07, 6.45) is 5.15. The highest BCUT2D eigenvalue weighted by molar-refractivity contribution is 6.39. The molecule has 2 heterocycles. The summed E-state index contributed by atoms with van der Waals surface area (Å²) in [6.45, 7) is 6.05. The highest BCUT2D eigenvalue weighted by atomic mass is 16.2. The molecule has 5 heteroatoms. The van der Waals surface area contributed by atoms with Crippen LogP contribution in [0.4, 0.5) is 5.69 Å². The Morgan fingerprint density at radius 1 is 1.12 bits per heavy atom. The topological polar surface area (TPSA) is 62.3 Å². The van der Waals surface area contributed by atoms with E-state index in [9.17, 15) is 9.59 Å². The van der Waals surface area contributed by atoms with Crippen LogP contribution in [0.3, 0.4) is 0 Å². The molecule has 1 saturated heterocycles. The number of pyridine rings is 1. The first-order valence-corrected chi connectivity index (χ1v) is 9.07. The number of rotatable bonds is 2. The van der Waals surface area contributed by atoms with Crippen LogP contribution in [0, 0.1) is 12.8 Å². The Labute approximate surface area is 154 Å². The minimum Gasteiger partial charge on any atom is -0.324 e. The van der Waals surface area contributed by atoms with Crippen molar-refractivity contribution in [2.45, 2.75) is 45.7 Å². The van der Waals surface area contributed by atoms with E-state index in [-0.39, 0.29) is 12.1 Å². The zero-order chi connectivity index (χ0) is 18.7. The highest BCUT2D eigenvalue weighted by Gasteiger charge is 2.38. The summed E-state index contributed by atoms with van der Waals surface area (Å²) in [6, 6.07) is 11.7. The number of hydrogen-bond donors (Lipinski definition) is 1. The lowest BCUT2D eigenvalue weighted by atomic mass is 9.84. The fourth-order valence-corrected chi connectivity index (χ4v) is 3.61. The van der Waals surface area contributed by atoms with Gasteiger partial charge in [0.25, 0.3) is 0 Å². The lowest BCUT2D eigenvalue weighted by Crippen LogP contribution is -2.51. The predicted molar refractivity (Wildman–Crippen MR) is 101 cm³/mol. The molecule has 5 nitrogen and oxygen atoms in total. The Balaban J connectivity index is 1.84. The number of carbonyl (C=O) groups excluding carboxylic acids is 2. The third kappa shape index (κ3) is 3.77. The minimum absolute atomic E-state index is 0.00263. The summed E-state index contributed by atoms with van der Waals surface area (Å²) in [4.78, 5) is 31.5. The zero-order valence-corrected chi connectivity index (χ0v) is 15.5. The van der Waals surface area contributed by atoms with Crippen LogP contribution in [-0.2, 0) is 9.59 Å². The molecule has 0 unspecified atom stereocenters. The number of amides is 2. The maximum Gasteiger partial charge on any atom is 0.313 e. The molecule has 3 atom stereocenters. The predicted octanol–water partition coefficient (Wildman–Crippen LogP) is 3.72. The zero-order valence-electron chi connectivity index (χ0n) is 15.5. The summed E-state index contributed by atoms with van der Waals surface area (Å²) in [7, 11) is 0. The number of nitrogens with one attached hydrogen (secondary N) is 1. The molecular formula is C21H25N3O2. The summed E-state index contributed by atoms with van der Waals surface area (Å²) >= 11 is 0. The van der Waals surface area contributed by atoms with Gasteiger partial charge in [-0.2, -0.15) is 0 Å². The van der Waals surface area contributed by atoms with Gasteiger partial charge in [0.1, 0.15) is 0 Å². The fourth-order valence-electron chi connectivity index (χ4n) is 3.61. The van der Waals surface area contributed by atoms with Crippen LogP contribution in [-0.4, -0.2) is 27.7 Å². The van der Waals surface area contributed by atoms with E-state index in [1.54, 1.807) is 23.4 Å². The van der Waals surface area contributed by atoms with E-state index in [2.05, 4.69) is 17.2 Å². The summed E-state index contributed by atoms with van der Waals surface area (Å²) < 4.78 is 0. The van der Waals surface area contributed by atoms with E-state index in [1.165, 1.54) is 0 Å². The molecule has 0 saturated carbocycles. The highest BCUT2D eigenvalue weighted by Crippen LogP contribution is 2.37. The fraction of sp³-hybridized carbons (Fsp3) is 0.381. The van der Waals surface area contributed by atoms with Crippen LogP contribution >= 0.6 is 0 Å². The first kappa shape index (κ1) is 18.1. The molecule has 0 aliphatic carbocycles. The number of hydrogen-bond acceptors (Lipinski definition) is 3. The van der Waals surface area contributed by atoms with Crippen molar-refractivity contribution < 1.29 is 9.59 Å².